The fraction of sp³-hybridized carbons (Fsp3) is 0.154. The molecule has 1 heterocycles. The highest BCUT2D eigenvalue weighted by Gasteiger charge is 2.22. The van der Waals surface area contributed by atoms with Gasteiger partial charge in [0.05, 0.1) is 0 Å². The predicted octanol–water partition coefficient (Wildman–Crippen LogP) is 4.67. The molecule has 0 bridgehead atoms. The van der Waals surface area contributed by atoms with Gasteiger partial charge in [-0.05, 0) is 28.8 Å². The van der Waals surface area contributed by atoms with Crippen LogP contribution in [0.15, 0.2) is 85.1 Å². The predicted molar refractivity (Wildman–Crippen MR) is 124 cm³/mol. The molecular formula is C26H24N2O5. The summed E-state index contributed by atoms with van der Waals surface area (Å²) in [6.07, 6.45) is 1.08. The minimum absolute atomic E-state index is 0.0673. The summed E-state index contributed by atoms with van der Waals surface area (Å²) in [6.45, 7) is 0.522. The Labute approximate surface area is 191 Å². The molecule has 7 nitrogen and oxygen atoms in total. The first-order chi connectivity index (χ1) is 16.1. The van der Waals surface area contributed by atoms with Gasteiger partial charge < -0.3 is 24.9 Å². The zero-order valence-electron chi connectivity index (χ0n) is 17.9. The van der Waals surface area contributed by atoms with E-state index in [1.54, 1.807) is 6.20 Å². The van der Waals surface area contributed by atoms with Gasteiger partial charge >= 0.3 is 12.1 Å². The molecule has 168 valence electrons. The Hall–Kier alpha value is -4.26. The van der Waals surface area contributed by atoms with Gasteiger partial charge in [-0.15, -0.1) is 0 Å². The van der Waals surface area contributed by atoms with Crippen LogP contribution in [0, 0.1) is 0 Å². The molecule has 1 amide bonds. The molecule has 1 atom stereocenters. The van der Waals surface area contributed by atoms with Crippen molar-refractivity contribution in [3.05, 3.63) is 102 Å². The van der Waals surface area contributed by atoms with Crippen molar-refractivity contribution in [1.29, 1.82) is 0 Å². The summed E-state index contributed by atoms with van der Waals surface area (Å²) in [5.41, 5.74) is 3.49. The molecule has 3 N–H and O–H groups in total. The fourth-order valence-electron chi connectivity index (χ4n) is 3.49. The lowest BCUT2D eigenvalue weighted by atomic mass is 10.1. The summed E-state index contributed by atoms with van der Waals surface area (Å²) in [5.74, 6) is -0.430. The van der Waals surface area contributed by atoms with Crippen LogP contribution in [0.25, 0.3) is 10.9 Å². The number of ether oxygens (including phenoxy) is 2. The van der Waals surface area contributed by atoms with Crippen molar-refractivity contribution in [1.82, 2.24) is 10.3 Å². The Morgan fingerprint density at radius 3 is 2.24 bits per heavy atom. The number of carbonyl (C=O) groups is 2. The number of carboxylic acids is 1. The monoisotopic (exact) mass is 444 g/mol. The number of hydrogen-bond donors (Lipinski definition) is 3. The Bertz CT molecular complexity index is 1220. The van der Waals surface area contributed by atoms with E-state index < -0.39 is 18.1 Å². The van der Waals surface area contributed by atoms with E-state index in [0.717, 1.165) is 27.6 Å². The summed E-state index contributed by atoms with van der Waals surface area (Å²) < 4.78 is 11.0. The molecule has 7 heteroatoms. The number of alkyl carbamates (subject to hydrolysis) is 1. The van der Waals surface area contributed by atoms with Gasteiger partial charge in [0.15, 0.2) is 0 Å². The van der Waals surface area contributed by atoms with E-state index in [1.807, 2.05) is 78.9 Å². The SMILES string of the molecule is O=C(NC(Cc1c[nH]c2cc(OCc3ccccc3)ccc12)C(=O)O)OCc1ccccc1. The quantitative estimate of drug-likeness (QED) is 0.348. The van der Waals surface area contributed by atoms with Gasteiger partial charge in [0, 0.05) is 29.6 Å². The van der Waals surface area contributed by atoms with Crippen molar-refractivity contribution < 1.29 is 24.2 Å². The summed E-state index contributed by atoms with van der Waals surface area (Å²) in [4.78, 5) is 27.0. The molecule has 3 aromatic carbocycles. The number of hydrogen-bond acceptors (Lipinski definition) is 4. The van der Waals surface area contributed by atoms with Crippen molar-refractivity contribution in [2.75, 3.05) is 0 Å². The van der Waals surface area contributed by atoms with E-state index in [4.69, 9.17) is 9.47 Å². The van der Waals surface area contributed by atoms with E-state index in [-0.39, 0.29) is 13.0 Å². The first-order valence-corrected chi connectivity index (χ1v) is 10.6. The van der Waals surface area contributed by atoms with Gasteiger partial charge in [-0.1, -0.05) is 60.7 Å². The summed E-state index contributed by atoms with van der Waals surface area (Å²) in [6, 6.07) is 23.5. The third-order valence-electron chi connectivity index (χ3n) is 5.21. The third kappa shape index (κ3) is 5.92. The second-order valence-corrected chi connectivity index (χ2v) is 7.60. The molecule has 0 aliphatic carbocycles. The molecule has 0 aliphatic heterocycles. The van der Waals surface area contributed by atoms with Crippen LogP contribution in [0.1, 0.15) is 16.7 Å². The van der Waals surface area contributed by atoms with Crippen LogP contribution in [0.3, 0.4) is 0 Å². The second-order valence-electron chi connectivity index (χ2n) is 7.60. The standard InChI is InChI=1S/C26H24N2O5/c29-25(30)24(28-26(31)33-17-19-9-5-2-6-10-19)13-20-15-27-23-14-21(11-12-22(20)23)32-16-18-7-3-1-4-8-18/h1-12,14-15,24,27H,13,16-17H2,(H,28,31)(H,29,30). The Morgan fingerprint density at radius 2 is 1.58 bits per heavy atom. The minimum Gasteiger partial charge on any atom is -0.489 e. The van der Waals surface area contributed by atoms with Crippen molar-refractivity contribution >= 4 is 23.0 Å². The molecule has 0 saturated heterocycles. The minimum atomic E-state index is -1.14. The van der Waals surface area contributed by atoms with Crippen LogP contribution in [-0.4, -0.2) is 28.2 Å². The van der Waals surface area contributed by atoms with Crippen LogP contribution in [-0.2, 0) is 29.2 Å². The number of fused-ring (bicyclic) bond motifs is 1. The maximum absolute atomic E-state index is 12.1. The van der Waals surface area contributed by atoms with Crippen LogP contribution in [0.4, 0.5) is 4.79 Å². The maximum Gasteiger partial charge on any atom is 0.408 e. The Morgan fingerprint density at radius 1 is 0.909 bits per heavy atom. The number of carboxylic acid groups (broad SMARTS) is 1. The summed E-state index contributed by atoms with van der Waals surface area (Å²) in [7, 11) is 0. The van der Waals surface area contributed by atoms with Crippen molar-refractivity contribution in [2.24, 2.45) is 0 Å². The number of nitrogens with one attached hydrogen (secondary N) is 2. The molecular weight excluding hydrogens is 420 g/mol. The van der Waals surface area contributed by atoms with E-state index in [9.17, 15) is 14.7 Å². The molecule has 0 aliphatic rings. The molecule has 0 spiro atoms. The molecule has 0 radical (unpaired) electrons. The number of H-pyrrole nitrogens is 1. The number of rotatable bonds is 9. The van der Waals surface area contributed by atoms with Gasteiger partial charge in [-0.25, -0.2) is 9.59 Å². The van der Waals surface area contributed by atoms with Crippen LogP contribution < -0.4 is 10.1 Å². The molecule has 0 saturated carbocycles. The van der Waals surface area contributed by atoms with Crippen molar-refractivity contribution in [3.63, 3.8) is 0 Å². The summed E-state index contributed by atoms with van der Waals surface area (Å²) >= 11 is 0. The smallest absolute Gasteiger partial charge is 0.408 e. The van der Waals surface area contributed by atoms with Crippen molar-refractivity contribution in [2.45, 2.75) is 25.7 Å². The number of benzene rings is 3. The number of carbonyl (C=O) groups excluding carboxylic acids is 1. The largest absolute Gasteiger partial charge is 0.489 e. The van der Waals surface area contributed by atoms with Crippen molar-refractivity contribution in [3.8, 4) is 5.75 Å². The number of aromatic amines is 1. The van der Waals surface area contributed by atoms with Gasteiger partial charge in [-0.2, -0.15) is 0 Å². The van der Waals surface area contributed by atoms with Gasteiger partial charge in [0.2, 0.25) is 0 Å². The number of aromatic nitrogens is 1. The Balaban J connectivity index is 1.38. The number of aliphatic carboxylic acids is 1. The van der Waals surface area contributed by atoms with E-state index in [0.29, 0.717) is 12.4 Å². The third-order valence-corrected chi connectivity index (χ3v) is 5.21. The molecule has 1 aromatic heterocycles. The van der Waals surface area contributed by atoms with Crippen LogP contribution in [0.5, 0.6) is 5.75 Å². The van der Waals surface area contributed by atoms with Crippen LogP contribution >= 0.6 is 0 Å². The Kier molecular flexibility index (Phi) is 6.90. The highest BCUT2D eigenvalue weighted by atomic mass is 16.5. The molecule has 0 fully saturated rings. The van der Waals surface area contributed by atoms with Gasteiger partial charge in [-0.3, -0.25) is 0 Å². The highest BCUT2D eigenvalue weighted by molar-refractivity contribution is 5.86. The van der Waals surface area contributed by atoms with Gasteiger partial charge in [0.25, 0.3) is 0 Å². The normalized spacial score (nSPS) is 11.6. The zero-order chi connectivity index (χ0) is 23.0. The van der Waals surface area contributed by atoms with E-state index >= 15 is 0 Å². The molecule has 1 unspecified atom stereocenters. The lowest BCUT2D eigenvalue weighted by molar-refractivity contribution is -0.139. The van der Waals surface area contributed by atoms with E-state index in [2.05, 4.69) is 10.3 Å². The molecule has 4 aromatic rings. The molecule has 4 rings (SSSR count). The maximum atomic E-state index is 12.1. The lowest BCUT2D eigenvalue weighted by Gasteiger charge is -2.14. The fourth-order valence-corrected chi connectivity index (χ4v) is 3.49. The first kappa shape index (κ1) is 22.0. The first-order valence-electron chi connectivity index (χ1n) is 10.6. The average Bonchev–Trinajstić information content (AvgIpc) is 3.24. The highest BCUT2D eigenvalue weighted by Crippen LogP contribution is 2.25. The van der Waals surface area contributed by atoms with E-state index in [1.165, 1.54) is 0 Å². The second kappa shape index (κ2) is 10.4. The zero-order valence-corrected chi connectivity index (χ0v) is 17.9. The lowest BCUT2D eigenvalue weighted by Crippen LogP contribution is -2.42. The van der Waals surface area contributed by atoms with Gasteiger partial charge in [0.1, 0.15) is 25.0 Å². The average molecular weight is 444 g/mol. The number of amides is 1. The summed E-state index contributed by atoms with van der Waals surface area (Å²) in [5, 5.41) is 12.9. The molecule has 33 heavy (non-hydrogen) atoms. The van der Waals surface area contributed by atoms with Crippen LogP contribution in [0.2, 0.25) is 0 Å². The topological polar surface area (TPSA) is 101 Å².